The number of nitrogens with one attached hydrogen (secondary N) is 9. The van der Waals surface area contributed by atoms with E-state index in [-0.39, 0.29) is 89.6 Å². The first kappa shape index (κ1) is 65.0. The van der Waals surface area contributed by atoms with Crippen molar-refractivity contribution in [3.63, 3.8) is 0 Å². The third kappa shape index (κ3) is 18.9. The van der Waals surface area contributed by atoms with Gasteiger partial charge in [-0.15, -0.1) is 0 Å². The lowest BCUT2D eigenvalue weighted by Gasteiger charge is -2.13. The molecule has 0 aliphatic heterocycles. The van der Waals surface area contributed by atoms with Crippen LogP contribution in [0.25, 0.3) is 0 Å². The zero-order chi connectivity index (χ0) is 62.2. The Morgan fingerprint density at radius 2 is 0.776 bits per heavy atom. The van der Waals surface area contributed by atoms with Crippen LogP contribution in [0.2, 0.25) is 0 Å². The lowest BCUT2D eigenvalue weighted by Crippen LogP contribution is -2.43. The number of rotatable bonds is 29. The summed E-state index contributed by atoms with van der Waals surface area (Å²) in [5.41, 5.74) is 9.31. The fraction of sp³-hybridized carbons (Fsp3) is 0.393. The average Bonchev–Trinajstić information content (AvgIpc) is 4.46. The standard InChI is InChI=1S/C56H76N18O10S/c1-34(75)61-36-20-45(71(9)26-36)53(81)65-40-24-47(55(83)63-38-22-43(69(7)28-38)51(79)59-14-11-17-67(3)4)73(30-40)19-13-16-58-50(78)42(57)33-85-49(77)32-74-31-41(66-54(82)46-21-37(27-72(46)10)62-35(2)76)25-48(74)56(84)64-39-23-44(70(8)29-39)52(80)60-15-12-18-68(5)6/h20-31,42H,11-19,32-33,57H2,1-10H3,(H,58,78)(H,59,79)(H,60,80)(H,61,75)(H,62,76)(H,63,83)(H,64,84)(H,65,81)(H,66,82)/t42-/m0/s1. The maximum atomic E-state index is 14.0. The van der Waals surface area contributed by atoms with Crippen molar-refractivity contribution in [3.05, 3.63) is 108 Å². The van der Waals surface area contributed by atoms with E-state index in [1.807, 2.05) is 38.0 Å². The predicted molar refractivity (Wildman–Crippen MR) is 325 cm³/mol. The molecule has 0 fully saturated rings. The molecule has 0 aliphatic carbocycles. The van der Waals surface area contributed by atoms with Gasteiger partial charge in [0.25, 0.3) is 35.4 Å². The highest BCUT2D eigenvalue weighted by Gasteiger charge is 2.24. The molecule has 28 nitrogen and oxygen atoms in total. The van der Waals surface area contributed by atoms with Crippen LogP contribution in [0.1, 0.15) is 96.0 Å². The van der Waals surface area contributed by atoms with E-state index < -0.39 is 40.7 Å². The summed E-state index contributed by atoms with van der Waals surface area (Å²) in [5, 5.41) is 24.5. The van der Waals surface area contributed by atoms with E-state index in [2.05, 4.69) is 47.9 Å². The Morgan fingerprint density at radius 1 is 0.447 bits per heavy atom. The summed E-state index contributed by atoms with van der Waals surface area (Å²) in [6.07, 6.45) is 11.0. The second-order valence-electron chi connectivity index (χ2n) is 20.9. The zero-order valence-corrected chi connectivity index (χ0v) is 50.2. The molecule has 0 aromatic carbocycles. The first-order valence-electron chi connectivity index (χ1n) is 27.2. The maximum Gasteiger partial charge on any atom is 0.272 e. The minimum absolute atomic E-state index is 0.0257. The third-order valence-corrected chi connectivity index (χ3v) is 13.9. The molecule has 9 amide bonds. The van der Waals surface area contributed by atoms with Crippen molar-refractivity contribution in [2.45, 2.75) is 52.2 Å². The van der Waals surface area contributed by atoms with Crippen molar-refractivity contribution in [2.75, 3.05) is 98.6 Å². The predicted octanol–water partition coefficient (Wildman–Crippen LogP) is 2.73. The van der Waals surface area contributed by atoms with Gasteiger partial charge in [-0.2, -0.15) is 0 Å². The van der Waals surface area contributed by atoms with Gasteiger partial charge in [0, 0.05) is 111 Å². The first-order valence-corrected chi connectivity index (χ1v) is 28.1. The summed E-state index contributed by atoms with van der Waals surface area (Å²) >= 11 is 0.760. The highest BCUT2D eigenvalue weighted by molar-refractivity contribution is 8.13. The number of hydrogen-bond donors (Lipinski definition) is 10. The van der Waals surface area contributed by atoms with Crippen LogP contribution in [-0.2, 0) is 60.5 Å². The zero-order valence-electron chi connectivity index (χ0n) is 49.4. The second-order valence-corrected chi connectivity index (χ2v) is 22.0. The topological polar surface area (TPSA) is 341 Å². The number of anilines is 6. The SMILES string of the molecule is CC(=O)Nc1cc(C(=O)Nc2cc(C(=O)Nc3cc(C(=O)NCCCN(C)C)n(C)c3)n(CCCNC(=O)[C@@H](N)CSC(=O)Cn3cc(NC(=O)c4cc(NC(C)=O)cn4C)cc3C(=O)Nc3cc(C(=O)NCCCN(C)C)n(C)c3)c2)n(C)c1. The molecule has 0 bridgehead atoms. The van der Waals surface area contributed by atoms with Crippen LogP contribution in [0.3, 0.4) is 0 Å². The van der Waals surface area contributed by atoms with Crippen LogP contribution >= 0.6 is 11.8 Å². The van der Waals surface area contributed by atoms with Crippen molar-refractivity contribution in [1.82, 2.24) is 53.2 Å². The molecule has 6 heterocycles. The second kappa shape index (κ2) is 29.9. The molecular weight excluding hydrogens is 1120 g/mol. The molecule has 0 unspecified atom stereocenters. The van der Waals surface area contributed by atoms with Gasteiger partial charge < -0.3 is 90.8 Å². The van der Waals surface area contributed by atoms with E-state index in [4.69, 9.17) is 5.73 Å². The van der Waals surface area contributed by atoms with Crippen LogP contribution in [-0.4, -0.2) is 168 Å². The molecule has 6 rings (SSSR count). The van der Waals surface area contributed by atoms with Gasteiger partial charge in [-0.05, 0) is 96.9 Å². The Labute approximate surface area is 495 Å². The Bertz CT molecular complexity index is 3450. The summed E-state index contributed by atoms with van der Waals surface area (Å²) in [6.45, 7) is 5.03. The van der Waals surface area contributed by atoms with E-state index in [0.29, 0.717) is 47.2 Å². The van der Waals surface area contributed by atoms with E-state index in [1.165, 1.54) is 59.5 Å². The van der Waals surface area contributed by atoms with Crippen molar-refractivity contribution in [1.29, 1.82) is 0 Å². The van der Waals surface area contributed by atoms with Crippen molar-refractivity contribution < 1.29 is 47.9 Å². The molecule has 85 heavy (non-hydrogen) atoms. The average molecular weight is 1190 g/mol. The summed E-state index contributed by atoms with van der Waals surface area (Å²) in [7, 11) is 14.4. The van der Waals surface area contributed by atoms with Gasteiger partial charge in [0.2, 0.25) is 22.8 Å². The molecule has 6 aromatic rings. The van der Waals surface area contributed by atoms with Gasteiger partial charge in [-0.25, -0.2) is 0 Å². The summed E-state index contributed by atoms with van der Waals surface area (Å²) in [5.74, 6) is -4.32. The summed E-state index contributed by atoms with van der Waals surface area (Å²) in [6, 6.07) is 7.77. The Hall–Kier alpha value is -9.19. The Kier molecular flexibility index (Phi) is 22.8. The smallest absolute Gasteiger partial charge is 0.272 e. The minimum Gasteiger partial charge on any atom is -0.355 e. The fourth-order valence-electron chi connectivity index (χ4n) is 8.89. The highest BCUT2D eigenvalue weighted by Crippen LogP contribution is 2.24. The number of carbonyl (C=O) groups excluding carboxylic acids is 10. The number of nitrogens with two attached hydrogens (primary N) is 1. The van der Waals surface area contributed by atoms with Crippen LogP contribution < -0.4 is 53.6 Å². The molecule has 0 saturated carbocycles. The van der Waals surface area contributed by atoms with Crippen molar-refractivity contribution >= 4 is 104 Å². The van der Waals surface area contributed by atoms with Crippen molar-refractivity contribution in [3.8, 4) is 0 Å². The number of thioether (sulfide) groups is 1. The Morgan fingerprint density at radius 3 is 1.18 bits per heavy atom. The maximum absolute atomic E-state index is 14.0. The van der Waals surface area contributed by atoms with E-state index >= 15 is 0 Å². The number of aryl methyl sites for hydroxylation is 5. The van der Waals surface area contributed by atoms with Gasteiger partial charge in [0.15, 0.2) is 0 Å². The number of carbonyl (C=O) groups is 10. The van der Waals surface area contributed by atoms with Gasteiger partial charge in [0.1, 0.15) is 34.2 Å². The lowest BCUT2D eigenvalue weighted by atomic mass is 10.3. The molecule has 0 spiro atoms. The van der Waals surface area contributed by atoms with Gasteiger partial charge in [-0.3, -0.25) is 47.9 Å². The van der Waals surface area contributed by atoms with Crippen LogP contribution in [0, 0.1) is 0 Å². The monoisotopic (exact) mass is 1190 g/mol. The summed E-state index contributed by atoms with van der Waals surface area (Å²) in [4.78, 5) is 135. The first-order chi connectivity index (χ1) is 40.2. The number of aromatic nitrogens is 6. The Balaban J connectivity index is 1.09. The third-order valence-electron chi connectivity index (χ3n) is 13.0. The van der Waals surface area contributed by atoms with Crippen LogP contribution in [0.15, 0.2) is 73.6 Å². The fourth-order valence-corrected chi connectivity index (χ4v) is 9.63. The quantitative estimate of drug-likeness (QED) is 0.0302. The molecule has 29 heteroatoms. The van der Waals surface area contributed by atoms with E-state index in [1.54, 1.807) is 83.5 Å². The molecular formula is C56H76N18O10S. The largest absolute Gasteiger partial charge is 0.355 e. The van der Waals surface area contributed by atoms with Crippen LogP contribution in [0.5, 0.6) is 0 Å². The summed E-state index contributed by atoms with van der Waals surface area (Å²) < 4.78 is 9.15. The normalized spacial score (nSPS) is 11.5. The van der Waals surface area contributed by atoms with E-state index in [9.17, 15) is 47.9 Å². The number of hydrogen-bond acceptors (Lipinski definition) is 14. The van der Waals surface area contributed by atoms with Gasteiger partial charge >= 0.3 is 0 Å². The number of nitrogens with zero attached hydrogens (tertiary/aromatic N) is 8. The molecule has 0 radical (unpaired) electrons. The van der Waals surface area contributed by atoms with Crippen LogP contribution in [0.4, 0.5) is 34.1 Å². The molecule has 11 N–H and O–H groups in total. The lowest BCUT2D eigenvalue weighted by molar-refractivity contribution is -0.122. The number of amides is 9. The van der Waals surface area contributed by atoms with Gasteiger partial charge in [-0.1, -0.05) is 11.8 Å². The molecule has 456 valence electrons. The molecule has 0 saturated heterocycles. The van der Waals surface area contributed by atoms with E-state index in [0.717, 1.165) is 37.7 Å². The highest BCUT2D eigenvalue weighted by atomic mass is 32.2. The molecule has 6 aromatic heterocycles. The van der Waals surface area contributed by atoms with Crippen molar-refractivity contribution in [2.24, 2.45) is 33.9 Å². The van der Waals surface area contributed by atoms with Gasteiger partial charge in [0.05, 0.1) is 46.7 Å². The molecule has 1 atom stereocenters. The molecule has 0 aliphatic rings. The minimum atomic E-state index is -1.16.